The van der Waals surface area contributed by atoms with Gasteiger partial charge in [-0.1, -0.05) is 13.3 Å². The fourth-order valence-electron chi connectivity index (χ4n) is 1.41. The monoisotopic (exact) mass is 260 g/mol. The highest BCUT2D eigenvalue weighted by molar-refractivity contribution is 7.89. The van der Waals surface area contributed by atoms with Crippen molar-refractivity contribution in [2.75, 3.05) is 12.3 Å². The summed E-state index contributed by atoms with van der Waals surface area (Å²) in [7, 11) is -3.68. The van der Waals surface area contributed by atoms with Gasteiger partial charge in [0.05, 0.1) is 4.90 Å². The van der Waals surface area contributed by atoms with Crippen LogP contribution in [0.5, 0.6) is 0 Å². The number of benzene rings is 1. The highest BCUT2D eigenvalue weighted by Crippen LogP contribution is 2.21. The lowest BCUT2D eigenvalue weighted by molar-refractivity contribution is 0.572. The van der Waals surface area contributed by atoms with E-state index >= 15 is 0 Å². The normalized spacial score (nSPS) is 11.7. The van der Waals surface area contributed by atoms with Crippen LogP contribution in [0, 0.1) is 12.7 Å². The summed E-state index contributed by atoms with van der Waals surface area (Å²) < 4.78 is 39.6. The van der Waals surface area contributed by atoms with Crippen LogP contribution in [0.3, 0.4) is 0 Å². The molecule has 0 spiro atoms. The molecule has 0 heterocycles. The van der Waals surface area contributed by atoms with Crippen molar-refractivity contribution in [3.63, 3.8) is 0 Å². The molecule has 0 unspecified atom stereocenters. The zero-order chi connectivity index (χ0) is 13.1. The Morgan fingerprint density at radius 1 is 1.41 bits per heavy atom. The van der Waals surface area contributed by atoms with Gasteiger partial charge in [0.1, 0.15) is 5.82 Å². The number of rotatable bonds is 5. The van der Waals surface area contributed by atoms with E-state index < -0.39 is 15.8 Å². The van der Waals surface area contributed by atoms with Gasteiger partial charge in [0.2, 0.25) is 10.0 Å². The second kappa shape index (κ2) is 5.46. The van der Waals surface area contributed by atoms with Crippen LogP contribution in [0.15, 0.2) is 17.0 Å². The minimum atomic E-state index is -3.68. The Balaban J connectivity index is 3.06. The third-order valence-electron chi connectivity index (χ3n) is 2.43. The van der Waals surface area contributed by atoms with Gasteiger partial charge in [-0.25, -0.2) is 17.5 Å². The Kier molecular flexibility index (Phi) is 4.47. The molecule has 1 aromatic rings. The van der Waals surface area contributed by atoms with E-state index in [0.717, 1.165) is 18.9 Å². The van der Waals surface area contributed by atoms with Gasteiger partial charge in [-0.05, 0) is 25.5 Å². The van der Waals surface area contributed by atoms with E-state index in [2.05, 4.69) is 4.72 Å². The van der Waals surface area contributed by atoms with E-state index in [1.807, 2.05) is 6.92 Å². The molecule has 6 heteroatoms. The second-order valence-electron chi connectivity index (χ2n) is 3.88. The minimum Gasteiger partial charge on any atom is -0.399 e. The highest BCUT2D eigenvalue weighted by Gasteiger charge is 2.19. The van der Waals surface area contributed by atoms with Crippen LogP contribution in [0.2, 0.25) is 0 Å². The lowest BCUT2D eigenvalue weighted by Crippen LogP contribution is -2.25. The van der Waals surface area contributed by atoms with Crippen molar-refractivity contribution in [3.8, 4) is 0 Å². The quantitative estimate of drug-likeness (QED) is 0.626. The Morgan fingerprint density at radius 3 is 2.65 bits per heavy atom. The van der Waals surface area contributed by atoms with Crippen LogP contribution in [0.1, 0.15) is 25.3 Å². The average Bonchev–Trinajstić information content (AvgIpc) is 2.23. The molecular weight excluding hydrogens is 243 g/mol. The molecule has 1 rings (SSSR count). The van der Waals surface area contributed by atoms with Crippen molar-refractivity contribution < 1.29 is 12.8 Å². The second-order valence-corrected chi connectivity index (χ2v) is 5.61. The number of nitrogen functional groups attached to an aromatic ring is 1. The van der Waals surface area contributed by atoms with Crippen molar-refractivity contribution in [1.29, 1.82) is 0 Å². The van der Waals surface area contributed by atoms with Crippen LogP contribution in [0.4, 0.5) is 10.1 Å². The summed E-state index contributed by atoms with van der Waals surface area (Å²) in [5.74, 6) is -0.610. The largest absolute Gasteiger partial charge is 0.399 e. The first-order chi connectivity index (χ1) is 7.88. The van der Waals surface area contributed by atoms with Crippen molar-refractivity contribution in [1.82, 2.24) is 4.72 Å². The topological polar surface area (TPSA) is 72.2 Å². The molecule has 0 saturated carbocycles. The molecule has 0 saturated heterocycles. The van der Waals surface area contributed by atoms with Crippen molar-refractivity contribution >= 4 is 15.7 Å². The standard InChI is InChI=1S/C11H17FN2O2S/c1-3-4-5-14-17(15,16)11-7-9(13)6-10(12)8(11)2/h6-7,14H,3-5,13H2,1-2H3. The molecule has 96 valence electrons. The van der Waals surface area contributed by atoms with Crippen molar-refractivity contribution in [2.24, 2.45) is 0 Å². The van der Waals surface area contributed by atoms with Gasteiger partial charge in [-0.3, -0.25) is 0 Å². The molecule has 0 aliphatic heterocycles. The first-order valence-corrected chi connectivity index (χ1v) is 6.92. The summed E-state index contributed by atoms with van der Waals surface area (Å²) in [5, 5.41) is 0. The van der Waals surface area contributed by atoms with Crippen LogP contribution in [-0.2, 0) is 10.0 Å². The van der Waals surface area contributed by atoms with E-state index in [1.54, 1.807) is 0 Å². The Labute approximate surface area is 101 Å². The lowest BCUT2D eigenvalue weighted by Gasteiger charge is -2.10. The maximum absolute atomic E-state index is 13.4. The fourth-order valence-corrected chi connectivity index (χ4v) is 2.77. The summed E-state index contributed by atoms with van der Waals surface area (Å²) >= 11 is 0. The Morgan fingerprint density at radius 2 is 2.06 bits per heavy atom. The molecule has 17 heavy (non-hydrogen) atoms. The number of halogens is 1. The Bertz CT molecular complexity index is 500. The van der Waals surface area contributed by atoms with E-state index in [0.29, 0.717) is 6.54 Å². The zero-order valence-corrected chi connectivity index (χ0v) is 10.8. The summed E-state index contributed by atoms with van der Waals surface area (Å²) in [6.07, 6.45) is 1.62. The molecule has 0 amide bonds. The molecule has 0 bridgehead atoms. The lowest BCUT2D eigenvalue weighted by atomic mass is 10.2. The minimum absolute atomic E-state index is 0.0863. The van der Waals surface area contributed by atoms with Gasteiger partial charge >= 0.3 is 0 Å². The van der Waals surface area contributed by atoms with Gasteiger partial charge in [0.25, 0.3) is 0 Å². The van der Waals surface area contributed by atoms with Gasteiger partial charge in [-0.15, -0.1) is 0 Å². The summed E-state index contributed by atoms with van der Waals surface area (Å²) in [4.78, 5) is -0.0916. The third-order valence-corrected chi connectivity index (χ3v) is 4.02. The molecule has 0 aromatic heterocycles. The Hall–Kier alpha value is -1.14. The number of hydrogen-bond acceptors (Lipinski definition) is 3. The third kappa shape index (κ3) is 3.41. The molecule has 0 aliphatic carbocycles. The van der Waals surface area contributed by atoms with Gasteiger partial charge < -0.3 is 5.73 Å². The predicted octanol–water partition coefficient (Wildman–Crippen LogP) is 1.79. The molecule has 0 fully saturated rings. The zero-order valence-electron chi connectivity index (χ0n) is 9.96. The van der Waals surface area contributed by atoms with Crippen LogP contribution >= 0.6 is 0 Å². The van der Waals surface area contributed by atoms with E-state index in [4.69, 9.17) is 5.73 Å². The summed E-state index contributed by atoms with van der Waals surface area (Å²) in [6.45, 7) is 3.72. The molecule has 0 radical (unpaired) electrons. The number of nitrogens with one attached hydrogen (secondary N) is 1. The average molecular weight is 260 g/mol. The number of anilines is 1. The summed E-state index contributed by atoms with van der Waals surface area (Å²) in [5.41, 5.74) is 5.63. The van der Waals surface area contributed by atoms with Crippen LogP contribution in [0.25, 0.3) is 0 Å². The number of unbranched alkanes of at least 4 members (excludes halogenated alkanes) is 1. The number of nitrogens with two attached hydrogens (primary N) is 1. The molecular formula is C11H17FN2O2S. The SMILES string of the molecule is CCCCNS(=O)(=O)c1cc(N)cc(F)c1C. The molecule has 4 nitrogen and oxygen atoms in total. The molecule has 3 N–H and O–H groups in total. The fraction of sp³-hybridized carbons (Fsp3) is 0.455. The first-order valence-electron chi connectivity index (χ1n) is 5.43. The first kappa shape index (κ1) is 13.9. The van der Waals surface area contributed by atoms with Gasteiger partial charge in [0, 0.05) is 17.8 Å². The number of sulfonamides is 1. The van der Waals surface area contributed by atoms with Crippen molar-refractivity contribution in [3.05, 3.63) is 23.5 Å². The van der Waals surface area contributed by atoms with Crippen LogP contribution < -0.4 is 10.5 Å². The highest BCUT2D eigenvalue weighted by atomic mass is 32.2. The predicted molar refractivity (Wildman–Crippen MR) is 65.6 cm³/mol. The molecule has 1 aromatic carbocycles. The maximum atomic E-state index is 13.4. The van der Waals surface area contributed by atoms with E-state index in [9.17, 15) is 12.8 Å². The van der Waals surface area contributed by atoms with E-state index in [-0.39, 0.29) is 16.1 Å². The van der Waals surface area contributed by atoms with Gasteiger partial charge in [-0.2, -0.15) is 0 Å². The van der Waals surface area contributed by atoms with Crippen molar-refractivity contribution in [2.45, 2.75) is 31.6 Å². The molecule has 0 aliphatic rings. The van der Waals surface area contributed by atoms with Gasteiger partial charge in [0.15, 0.2) is 0 Å². The number of hydrogen-bond donors (Lipinski definition) is 2. The smallest absolute Gasteiger partial charge is 0.241 e. The summed E-state index contributed by atoms with van der Waals surface area (Å²) in [6, 6.07) is 2.38. The molecule has 0 atom stereocenters. The van der Waals surface area contributed by atoms with E-state index in [1.165, 1.54) is 13.0 Å². The van der Waals surface area contributed by atoms with Crippen LogP contribution in [-0.4, -0.2) is 15.0 Å². The maximum Gasteiger partial charge on any atom is 0.241 e.